The Morgan fingerprint density at radius 1 is 0.968 bits per heavy atom. The molecule has 2 amide bonds. The number of hydrogen-bond donors (Lipinski definition) is 3. The molecule has 0 saturated heterocycles. The smallest absolute Gasteiger partial charge is 0.323 e. The highest BCUT2D eigenvalue weighted by molar-refractivity contribution is 6.01. The van der Waals surface area contributed by atoms with Crippen LogP contribution in [0.2, 0.25) is 0 Å². The van der Waals surface area contributed by atoms with Gasteiger partial charge in [0.2, 0.25) is 0 Å². The SMILES string of the molecule is O=C(O)Cn1c2c(c3ccccc31)CC(NC(=O)Nc1cccc3ccccc13)CC2. The number of carboxylic acid groups (broad SMARTS) is 1. The van der Waals surface area contributed by atoms with Crippen LogP contribution in [0.5, 0.6) is 0 Å². The summed E-state index contributed by atoms with van der Waals surface area (Å²) in [6.45, 7) is -0.0461. The Morgan fingerprint density at radius 3 is 2.55 bits per heavy atom. The summed E-state index contributed by atoms with van der Waals surface area (Å²) in [5.74, 6) is -0.849. The van der Waals surface area contributed by atoms with E-state index in [1.165, 1.54) is 0 Å². The second-order valence-electron chi connectivity index (χ2n) is 7.99. The summed E-state index contributed by atoms with van der Waals surface area (Å²) >= 11 is 0. The first-order chi connectivity index (χ1) is 15.1. The predicted molar refractivity (Wildman–Crippen MR) is 121 cm³/mol. The molecule has 4 aromatic rings. The molecule has 0 saturated carbocycles. The molecule has 0 spiro atoms. The van der Waals surface area contributed by atoms with Crippen molar-refractivity contribution in [1.29, 1.82) is 0 Å². The number of urea groups is 1. The Balaban J connectivity index is 1.36. The van der Waals surface area contributed by atoms with E-state index in [4.69, 9.17) is 0 Å². The molecule has 1 heterocycles. The second kappa shape index (κ2) is 7.80. The van der Waals surface area contributed by atoms with Gasteiger partial charge in [0.25, 0.3) is 0 Å². The first-order valence-electron chi connectivity index (χ1n) is 10.5. The number of para-hydroxylation sites is 1. The van der Waals surface area contributed by atoms with Crippen LogP contribution in [0.25, 0.3) is 21.7 Å². The molecule has 1 aromatic heterocycles. The fourth-order valence-electron chi connectivity index (χ4n) is 4.72. The quantitative estimate of drug-likeness (QED) is 0.459. The van der Waals surface area contributed by atoms with Crippen LogP contribution >= 0.6 is 0 Å². The average molecular weight is 413 g/mol. The number of benzene rings is 3. The lowest BCUT2D eigenvalue weighted by molar-refractivity contribution is -0.137. The van der Waals surface area contributed by atoms with Gasteiger partial charge in [-0.05, 0) is 42.3 Å². The first kappa shape index (κ1) is 19.2. The Bertz CT molecular complexity index is 1300. The van der Waals surface area contributed by atoms with Crippen molar-refractivity contribution in [3.05, 3.63) is 78.0 Å². The van der Waals surface area contributed by atoms with Crippen LogP contribution in [-0.2, 0) is 24.2 Å². The van der Waals surface area contributed by atoms with Crippen molar-refractivity contribution in [2.45, 2.75) is 31.8 Å². The number of aliphatic carboxylic acids is 1. The van der Waals surface area contributed by atoms with Gasteiger partial charge in [0.15, 0.2) is 0 Å². The normalized spacial score (nSPS) is 15.5. The van der Waals surface area contributed by atoms with E-state index in [0.717, 1.165) is 51.5 Å². The molecule has 1 atom stereocenters. The number of nitrogens with one attached hydrogen (secondary N) is 2. The maximum Gasteiger partial charge on any atom is 0.323 e. The van der Waals surface area contributed by atoms with Crippen LogP contribution in [0.4, 0.5) is 10.5 Å². The minimum atomic E-state index is -0.849. The maximum atomic E-state index is 12.7. The molecule has 6 nitrogen and oxygen atoms in total. The van der Waals surface area contributed by atoms with Crippen molar-refractivity contribution in [1.82, 2.24) is 9.88 Å². The fourth-order valence-corrected chi connectivity index (χ4v) is 4.72. The molecule has 0 fully saturated rings. The molecule has 0 radical (unpaired) electrons. The van der Waals surface area contributed by atoms with Gasteiger partial charge < -0.3 is 20.3 Å². The number of anilines is 1. The van der Waals surface area contributed by atoms with Gasteiger partial charge in [0.05, 0.1) is 5.69 Å². The molecule has 1 aliphatic carbocycles. The number of amides is 2. The van der Waals surface area contributed by atoms with Gasteiger partial charge >= 0.3 is 12.0 Å². The second-order valence-corrected chi connectivity index (χ2v) is 7.99. The van der Waals surface area contributed by atoms with Gasteiger partial charge in [0.1, 0.15) is 6.54 Å². The van der Waals surface area contributed by atoms with Crippen LogP contribution in [0.15, 0.2) is 66.7 Å². The number of carbonyl (C=O) groups excluding carboxylic acids is 1. The molecule has 3 N–H and O–H groups in total. The van der Waals surface area contributed by atoms with E-state index in [0.29, 0.717) is 6.42 Å². The molecule has 6 heteroatoms. The third kappa shape index (κ3) is 3.61. The lowest BCUT2D eigenvalue weighted by Crippen LogP contribution is -2.41. The molecule has 31 heavy (non-hydrogen) atoms. The van der Waals surface area contributed by atoms with E-state index in [1.54, 1.807) is 0 Å². The standard InChI is InChI=1S/C25H23N3O3/c29-24(30)15-28-22-11-4-3-9-19(22)20-14-17(12-13-23(20)28)26-25(31)27-21-10-5-7-16-6-1-2-8-18(16)21/h1-11,17H,12-15H2,(H,29,30)(H2,26,27,31). The van der Waals surface area contributed by atoms with Crippen LogP contribution in [-0.4, -0.2) is 27.7 Å². The molecule has 156 valence electrons. The number of carbonyl (C=O) groups is 2. The van der Waals surface area contributed by atoms with Gasteiger partial charge in [-0.2, -0.15) is 0 Å². The van der Waals surface area contributed by atoms with E-state index >= 15 is 0 Å². The summed E-state index contributed by atoms with van der Waals surface area (Å²) in [4.78, 5) is 24.1. The summed E-state index contributed by atoms with van der Waals surface area (Å²) in [7, 11) is 0. The van der Waals surface area contributed by atoms with Gasteiger partial charge in [-0.3, -0.25) is 4.79 Å². The molecule has 1 aliphatic rings. The summed E-state index contributed by atoms with van der Waals surface area (Å²) < 4.78 is 1.90. The molecule has 5 rings (SSSR count). The lowest BCUT2D eigenvalue weighted by Gasteiger charge is -2.25. The number of hydrogen-bond acceptors (Lipinski definition) is 2. The highest BCUT2D eigenvalue weighted by atomic mass is 16.4. The number of fused-ring (bicyclic) bond motifs is 4. The topological polar surface area (TPSA) is 83.4 Å². The van der Waals surface area contributed by atoms with Crippen LogP contribution in [0, 0.1) is 0 Å². The molecule has 0 aliphatic heterocycles. The monoisotopic (exact) mass is 413 g/mol. The van der Waals surface area contributed by atoms with E-state index in [9.17, 15) is 14.7 Å². The zero-order valence-corrected chi connectivity index (χ0v) is 17.0. The first-order valence-corrected chi connectivity index (χ1v) is 10.5. The number of aromatic nitrogens is 1. The third-order valence-corrected chi connectivity index (χ3v) is 6.04. The van der Waals surface area contributed by atoms with Gasteiger partial charge in [0, 0.05) is 28.0 Å². The highest BCUT2D eigenvalue weighted by Crippen LogP contribution is 2.32. The number of nitrogens with zero attached hydrogens (tertiary/aromatic N) is 1. The van der Waals surface area contributed by atoms with Gasteiger partial charge in [-0.25, -0.2) is 4.79 Å². The fraction of sp³-hybridized carbons (Fsp3) is 0.200. The molecule has 1 unspecified atom stereocenters. The Morgan fingerprint density at radius 2 is 1.71 bits per heavy atom. The van der Waals surface area contributed by atoms with Gasteiger partial charge in [-0.1, -0.05) is 54.6 Å². The van der Waals surface area contributed by atoms with E-state index in [-0.39, 0.29) is 18.6 Å². The van der Waals surface area contributed by atoms with Crippen molar-refractivity contribution >= 4 is 39.4 Å². The minimum Gasteiger partial charge on any atom is -0.480 e. The summed E-state index contributed by atoms with van der Waals surface area (Å²) in [6, 6.07) is 21.5. The maximum absolute atomic E-state index is 12.7. The number of carboxylic acids is 1. The Labute approximate surface area is 179 Å². The van der Waals surface area contributed by atoms with E-state index < -0.39 is 5.97 Å². The highest BCUT2D eigenvalue weighted by Gasteiger charge is 2.27. The molecular weight excluding hydrogens is 390 g/mol. The van der Waals surface area contributed by atoms with Crippen molar-refractivity contribution in [3.8, 4) is 0 Å². The van der Waals surface area contributed by atoms with E-state index in [1.807, 2.05) is 71.3 Å². The number of rotatable bonds is 4. The molecular formula is C25H23N3O3. The minimum absolute atomic E-state index is 0.00781. The van der Waals surface area contributed by atoms with Crippen molar-refractivity contribution < 1.29 is 14.7 Å². The van der Waals surface area contributed by atoms with Crippen LogP contribution in [0.1, 0.15) is 17.7 Å². The van der Waals surface area contributed by atoms with E-state index in [2.05, 4.69) is 10.6 Å². The van der Waals surface area contributed by atoms with Crippen molar-refractivity contribution in [2.75, 3.05) is 5.32 Å². The zero-order chi connectivity index (χ0) is 21.4. The predicted octanol–water partition coefficient (Wildman–Crippen LogP) is 4.56. The summed E-state index contributed by atoms with van der Waals surface area (Å²) in [5, 5.41) is 18.6. The molecule has 3 aromatic carbocycles. The average Bonchev–Trinajstić information content (AvgIpc) is 3.07. The Hall–Kier alpha value is -3.80. The van der Waals surface area contributed by atoms with Gasteiger partial charge in [-0.15, -0.1) is 0 Å². The molecule has 0 bridgehead atoms. The zero-order valence-electron chi connectivity index (χ0n) is 17.0. The third-order valence-electron chi connectivity index (χ3n) is 6.04. The van der Waals surface area contributed by atoms with Crippen LogP contribution in [0.3, 0.4) is 0 Å². The summed E-state index contributed by atoms with van der Waals surface area (Å²) in [5.41, 5.74) is 3.93. The lowest BCUT2D eigenvalue weighted by atomic mass is 9.91. The van der Waals surface area contributed by atoms with Crippen molar-refractivity contribution in [3.63, 3.8) is 0 Å². The largest absolute Gasteiger partial charge is 0.480 e. The van der Waals surface area contributed by atoms with Crippen LogP contribution < -0.4 is 10.6 Å². The Kier molecular flexibility index (Phi) is 4.82. The van der Waals surface area contributed by atoms with Crippen molar-refractivity contribution in [2.24, 2.45) is 0 Å². The summed E-state index contributed by atoms with van der Waals surface area (Å²) in [6.07, 6.45) is 2.19.